The first kappa shape index (κ1) is 14.8. The highest BCUT2D eigenvalue weighted by Gasteiger charge is 2.16. The van der Waals surface area contributed by atoms with Gasteiger partial charge in [0.25, 0.3) is 5.91 Å². The van der Waals surface area contributed by atoms with Gasteiger partial charge >= 0.3 is 0 Å². The smallest absolute Gasteiger partial charge is 0.251 e. The summed E-state index contributed by atoms with van der Waals surface area (Å²) >= 11 is 0. The van der Waals surface area contributed by atoms with Gasteiger partial charge in [-0.3, -0.25) is 4.79 Å². The van der Waals surface area contributed by atoms with Gasteiger partial charge in [-0.25, -0.2) is 4.98 Å². The molecule has 3 N–H and O–H groups in total. The molecule has 0 bridgehead atoms. The molecule has 0 aliphatic carbocycles. The Hall–Kier alpha value is -1.62. The number of carbonyl (C=O) groups excluding carboxylic acids is 1. The Kier molecular flexibility index (Phi) is 4.95. The summed E-state index contributed by atoms with van der Waals surface area (Å²) in [5.41, 5.74) is 7.02. The van der Waals surface area contributed by atoms with Gasteiger partial charge in [0.05, 0.1) is 0 Å². The first-order chi connectivity index (χ1) is 9.54. The molecule has 0 atom stereocenters. The lowest BCUT2D eigenvalue weighted by Gasteiger charge is -2.28. The second-order valence-corrected chi connectivity index (χ2v) is 5.71. The molecule has 1 aliphatic heterocycles. The first-order valence-electron chi connectivity index (χ1n) is 7.25. The highest BCUT2D eigenvalue weighted by atomic mass is 16.1. The summed E-state index contributed by atoms with van der Waals surface area (Å²) in [7, 11) is 2.16. The van der Waals surface area contributed by atoms with E-state index in [4.69, 9.17) is 5.73 Å². The fourth-order valence-corrected chi connectivity index (χ4v) is 2.67. The van der Waals surface area contributed by atoms with E-state index in [1.807, 2.05) is 6.92 Å². The number of aryl methyl sites for hydroxylation is 1. The van der Waals surface area contributed by atoms with Crippen molar-refractivity contribution in [3.63, 3.8) is 0 Å². The van der Waals surface area contributed by atoms with E-state index >= 15 is 0 Å². The van der Waals surface area contributed by atoms with E-state index in [1.165, 1.54) is 25.9 Å². The van der Waals surface area contributed by atoms with Crippen LogP contribution in [0.4, 0.5) is 5.82 Å². The van der Waals surface area contributed by atoms with Crippen LogP contribution in [0.15, 0.2) is 12.1 Å². The standard InChI is InChI=1S/C15H24N4O/c1-11-9-13(10-14(16)18-11)15(20)17-6-3-12-4-7-19(2)8-5-12/h9-10,12H,3-8H2,1-2H3,(H2,16,18)(H,17,20). The number of carbonyl (C=O) groups is 1. The van der Waals surface area contributed by atoms with Crippen molar-refractivity contribution in [1.82, 2.24) is 15.2 Å². The summed E-state index contributed by atoms with van der Waals surface area (Å²) in [6, 6.07) is 3.39. The average Bonchev–Trinajstić information content (AvgIpc) is 2.40. The van der Waals surface area contributed by atoms with Crippen molar-refractivity contribution in [2.24, 2.45) is 5.92 Å². The molecule has 5 nitrogen and oxygen atoms in total. The summed E-state index contributed by atoms with van der Waals surface area (Å²) < 4.78 is 0. The molecule has 1 amide bonds. The minimum absolute atomic E-state index is 0.0601. The number of likely N-dealkylation sites (tertiary alicyclic amines) is 1. The molecule has 2 rings (SSSR count). The van der Waals surface area contributed by atoms with Gasteiger partial charge in [-0.1, -0.05) is 0 Å². The second kappa shape index (κ2) is 6.70. The second-order valence-electron chi connectivity index (χ2n) is 5.71. The molecule has 0 aromatic carbocycles. The van der Waals surface area contributed by atoms with Crippen LogP contribution in [0.3, 0.4) is 0 Å². The Balaban J connectivity index is 1.77. The predicted molar refractivity (Wildman–Crippen MR) is 80.6 cm³/mol. The minimum atomic E-state index is -0.0601. The molecule has 0 unspecified atom stereocenters. The molecule has 0 saturated carbocycles. The van der Waals surface area contributed by atoms with Crippen molar-refractivity contribution in [1.29, 1.82) is 0 Å². The maximum atomic E-state index is 12.0. The third kappa shape index (κ3) is 4.20. The highest BCUT2D eigenvalue weighted by Crippen LogP contribution is 2.18. The zero-order valence-electron chi connectivity index (χ0n) is 12.4. The fraction of sp³-hybridized carbons (Fsp3) is 0.600. The van der Waals surface area contributed by atoms with Gasteiger partial charge in [-0.05, 0) is 64.4 Å². The molecule has 2 heterocycles. The molecule has 5 heteroatoms. The van der Waals surface area contributed by atoms with Gasteiger partial charge in [0, 0.05) is 17.8 Å². The van der Waals surface area contributed by atoms with Gasteiger partial charge in [0.2, 0.25) is 0 Å². The summed E-state index contributed by atoms with van der Waals surface area (Å²) in [4.78, 5) is 18.5. The Bertz CT molecular complexity index is 447. The van der Waals surface area contributed by atoms with Crippen LogP contribution in [-0.4, -0.2) is 42.5 Å². The van der Waals surface area contributed by atoms with Crippen LogP contribution in [0.1, 0.15) is 35.3 Å². The molecule has 1 aromatic heterocycles. The van der Waals surface area contributed by atoms with Crippen LogP contribution < -0.4 is 11.1 Å². The minimum Gasteiger partial charge on any atom is -0.384 e. The van der Waals surface area contributed by atoms with Crippen molar-refractivity contribution in [3.8, 4) is 0 Å². The quantitative estimate of drug-likeness (QED) is 0.873. The van der Waals surface area contributed by atoms with Crippen molar-refractivity contribution in [2.45, 2.75) is 26.2 Å². The van der Waals surface area contributed by atoms with Crippen LogP contribution >= 0.6 is 0 Å². The number of hydrogen-bond acceptors (Lipinski definition) is 4. The monoisotopic (exact) mass is 276 g/mol. The van der Waals surface area contributed by atoms with Crippen LogP contribution in [0.2, 0.25) is 0 Å². The third-order valence-electron chi connectivity index (χ3n) is 3.91. The Morgan fingerprint density at radius 2 is 2.15 bits per heavy atom. The Labute approximate surface area is 120 Å². The zero-order valence-corrected chi connectivity index (χ0v) is 12.4. The summed E-state index contributed by atoms with van der Waals surface area (Å²) in [6.45, 7) is 4.90. The number of nitrogens with zero attached hydrogens (tertiary/aromatic N) is 2. The normalized spacial score (nSPS) is 17.1. The lowest BCUT2D eigenvalue weighted by atomic mass is 9.94. The van der Waals surface area contributed by atoms with E-state index in [0.29, 0.717) is 11.4 Å². The van der Waals surface area contributed by atoms with Crippen LogP contribution in [0, 0.1) is 12.8 Å². The molecule has 1 aromatic rings. The number of nitrogens with two attached hydrogens (primary N) is 1. The Morgan fingerprint density at radius 3 is 2.80 bits per heavy atom. The largest absolute Gasteiger partial charge is 0.384 e. The van der Waals surface area contributed by atoms with E-state index in [1.54, 1.807) is 12.1 Å². The highest BCUT2D eigenvalue weighted by molar-refractivity contribution is 5.94. The molecular weight excluding hydrogens is 252 g/mol. The van der Waals surface area contributed by atoms with E-state index < -0.39 is 0 Å². The summed E-state index contributed by atoms with van der Waals surface area (Å²) in [5.74, 6) is 1.07. The number of pyridine rings is 1. The zero-order chi connectivity index (χ0) is 14.5. The van der Waals surface area contributed by atoms with Crippen LogP contribution in [-0.2, 0) is 0 Å². The number of nitrogens with one attached hydrogen (secondary N) is 1. The Morgan fingerprint density at radius 1 is 1.45 bits per heavy atom. The molecule has 0 spiro atoms. The van der Waals surface area contributed by atoms with Crippen LogP contribution in [0.5, 0.6) is 0 Å². The van der Waals surface area contributed by atoms with Crippen LogP contribution in [0.25, 0.3) is 0 Å². The van der Waals surface area contributed by atoms with E-state index in [2.05, 4.69) is 22.2 Å². The third-order valence-corrected chi connectivity index (χ3v) is 3.91. The summed E-state index contributed by atoms with van der Waals surface area (Å²) in [6.07, 6.45) is 3.51. The van der Waals surface area contributed by atoms with Crippen molar-refractivity contribution in [2.75, 3.05) is 32.4 Å². The number of aromatic nitrogens is 1. The maximum Gasteiger partial charge on any atom is 0.251 e. The molecule has 20 heavy (non-hydrogen) atoms. The number of rotatable bonds is 4. The van der Waals surface area contributed by atoms with Crippen molar-refractivity contribution in [3.05, 3.63) is 23.4 Å². The van der Waals surface area contributed by atoms with Crippen molar-refractivity contribution >= 4 is 11.7 Å². The number of piperidine rings is 1. The first-order valence-corrected chi connectivity index (χ1v) is 7.25. The maximum absolute atomic E-state index is 12.0. The molecular formula is C15H24N4O. The molecule has 1 aliphatic rings. The number of nitrogen functional groups attached to an aromatic ring is 1. The van der Waals surface area contributed by atoms with Crippen molar-refractivity contribution < 1.29 is 4.79 Å². The predicted octanol–water partition coefficient (Wildman–Crippen LogP) is 1.43. The fourth-order valence-electron chi connectivity index (χ4n) is 2.67. The average molecular weight is 276 g/mol. The topological polar surface area (TPSA) is 71.2 Å². The number of anilines is 1. The number of hydrogen-bond donors (Lipinski definition) is 2. The summed E-state index contributed by atoms with van der Waals surface area (Å²) in [5, 5.41) is 2.98. The van der Waals surface area contributed by atoms with E-state index in [0.717, 1.165) is 24.6 Å². The van der Waals surface area contributed by atoms with E-state index in [-0.39, 0.29) is 5.91 Å². The molecule has 0 radical (unpaired) electrons. The molecule has 1 fully saturated rings. The number of amides is 1. The van der Waals surface area contributed by atoms with Gasteiger partial charge in [0.1, 0.15) is 5.82 Å². The van der Waals surface area contributed by atoms with Gasteiger partial charge < -0.3 is 16.0 Å². The van der Waals surface area contributed by atoms with Gasteiger partial charge in [-0.15, -0.1) is 0 Å². The van der Waals surface area contributed by atoms with Gasteiger partial charge in [-0.2, -0.15) is 0 Å². The molecule has 110 valence electrons. The van der Waals surface area contributed by atoms with Gasteiger partial charge in [0.15, 0.2) is 0 Å². The SMILES string of the molecule is Cc1cc(C(=O)NCCC2CCN(C)CC2)cc(N)n1. The lowest BCUT2D eigenvalue weighted by molar-refractivity contribution is 0.0948. The van der Waals surface area contributed by atoms with E-state index in [9.17, 15) is 4.79 Å². The lowest BCUT2D eigenvalue weighted by Crippen LogP contribution is -2.32. The molecule has 1 saturated heterocycles.